The average Bonchev–Trinajstić information content (AvgIpc) is 3.30. The molecule has 2 aromatic heterocycles. The highest BCUT2D eigenvalue weighted by molar-refractivity contribution is 5.98. The van der Waals surface area contributed by atoms with Crippen molar-refractivity contribution in [3.8, 4) is 11.3 Å². The lowest BCUT2D eigenvalue weighted by molar-refractivity contribution is -0.150. The number of hydrogen-bond acceptors (Lipinski definition) is 5. The van der Waals surface area contributed by atoms with Gasteiger partial charge in [-0.25, -0.2) is 4.79 Å². The molecule has 0 radical (unpaired) electrons. The van der Waals surface area contributed by atoms with E-state index in [0.717, 1.165) is 50.0 Å². The molecule has 44 heavy (non-hydrogen) atoms. The number of nitrogens with two attached hydrogens (primary N) is 1. The van der Waals surface area contributed by atoms with Crippen LogP contribution in [0.5, 0.6) is 0 Å². The number of fused-ring (bicyclic) bond motifs is 1. The summed E-state index contributed by atoms with van der Waals surface area (Å²) in [6.07, 6.45) is 5.13. The summed E-state index contributed by atoms with van der Waals surface area (Å²) in [7, 11) is 0. The zero-order chi connectivity index (χ0) is 30.3. The van der Waals surface area contributed by atoms with E-state index < -0.39 is 11.9 Å². The molecule has 0 amide bonds. The van der Waals surface area contributed by atoms with Gasteiger partial charge >= 0.3 is 11.9 Å². The maximum Gasteiger partial charge on any atom is 0.335 e. The van der Waals surface area contributed by atoms with Crippen LogP contribution in [-0.2, 0) is 35.5 Å². The van der Waals surface area contributed by atoms with Crippen molar-refractivity contribution in [3.05, 3.63) is 125 Å². The number of carboxylic acids is 1. The summed E-state index contributed by atoms with van der Waals surface area (Å²) in [6.45, 7) is 5.27. The van der Waals surface area contributed by atoms with E-state index in [-0.39, 0.29) is 30.5 Å². The zero-order valence-electron chi connectivity index (χ0n) is 25.0. The van der Waals surface area contributed by atoms with Crippen molar-refractivity contribution in [1.29, 1.82) is 0 Å². The molecule has 0 saturated heterocycles. The minimum absolute atomic E-state index is 0. The Morgan fingerprint density at radius 3 is 2.30 bits per heavy atom. The first-order valence-electron chi connectivity index (χ1n) is 14.6. The van der Waals surface area contributed by atoms with E-state index >= 15 is 0 Å². The number of ether oxygens (including phenoxy) is 1. The van der Waals surface area contributed by atoms with Gasteiger partial charge in [-0.1, -0.05) is 47.5 Å². The van der Waals surface area contributed by atoms with Crippen LogP contribution in [0.15, 0.2) is 91.3 Å². The molecule has 228 valence electrons. The molecule has 0 saturated carbocycles. The molecule has 0 aliphatic rings. The van der Waals surface area contributed by atoms with Crippen LogP contribution in [0, 0.1) is 19.8 Å². The third kappa shape index (κ3) is 7.54. The molecule has 0 spiro atoms. The van der Waals surface area contributed by atoms with Crippen LogP contribution in [-0.4, -0.2) is 33.1 Å². The monoisotopic (exact) mass is 611 g/mol. The van der Waals surface area contributed by atoms with Gasteiger partial charge in [0.2, 0.25) is 0 Å². The first-order chi connectivity index (χ1) is 20.8. The molecule has 8 heteroatoms. The van der Waals surface area contributed by atoms with Crippen molar-refractivity contribution in [1.82, 2.24) is 9.55 Å². The number of rotatable bonds is 12. The molecule has 3 N–H and O–H groups in total. The van der Waals surface area contributed by atoms with Gasteiger partial charge in [-0.3, -0.25) is 9.78 Å². The van der Waals surface area contributed by atoms with Crippen LogP contribution < -0.4 is 5.73 Å². The molecule has 0 fully saturated rings. The first-order valence-corrected chi connectivity index (χ1v) is 14.6. The number of nitrogens with zero attached hydrogens (tertiary/aromatic N) is 2. The smallest absolute Gasteiger partial charge is 0.335 e. The average molecular weight is 612 g/mol. The number of esters is 1. The highest BCUT2D eigenvalue weighted by atomic mass is 35.5. The molecule has 5 rings (SSSR count). The van der Waals surface area contributed by atoms with Gasteiger partial charge in [0.05, 0.1) is 17.2 Å². The highest BCUT2D eigenvalue weighted by Crippen LogP contribution is 2.38. The van der Waals surface area contributed by atoms with Gasteiger partial charge in [-0.2, -0.15) is 0 Å². The Morgan fingerprint density at radius 1 is 0.932 bits per heavy atom. The van der Waals surface area contributed by atoms with E-state index in [0.29, 0.717) is 32.4 Å². The van der Waals surface area contributed by atoms with Crippen LogP contribution in [0.1, 0.15) is 44.6 Å². The Labute approximate surface area is 264 Å². The van der Waals surface area contributed by atoms with Gasteiger partial charge in [-0.05, 0) is 97.8 Å². The van der Waals surface area contributed by atoms with Crippen LogP contribution in [0.25, 0.3) is 22.2 Å². The lowest BCUT2D eigenvalue weighted by atomic mass is 9.89. The van der Waals surface area contributed by atoms with Crippen LogP contribution >= 0.6 is 12.4 Å². The number of hydrogen-bond donors (Lipinski definition) is 2. The lowest BCUT2D eigenvalue weighted by Crippen LogP contribution is -2.21. The highest BCUT2D eigenvalue weighted by Gasteiger charge is 2.27. The number of carbonyl (C=O) groups excluding carboxylic acids is 1. The Morgan fingerprint density at radius 2 is 1.64 bits per heavy atom. The molecule has 3 aromatic carbocycles. The minimum Gasteiger partial charge on any atom is -0.478 e. The lowest BCUT2D eigenvalue weighted by Gasteiger charge is -2.19. The second-order valence-electron chi connectivity index (χ2n) is 11.1. The summed E-state index contributed by atoms with van der Waals surface area (Å²) in [5, 5.41) is 10.7. The summed E-state index contributed by atoms with van der Waals surface area (Å²) < 4.78 is 8.06. The minimum atomic E-state index is -0.996. The van der Waals surface area contributed by atoms with Crippen LogP contribution in [0.2, 0.25) is 0 Å². The molecule has 1 atom stereocenters. The van der Waals surface area contributed by atoms with Gasteiger partial charge in [-0.15, -0.1) is 12.4 Å². The van der Waals surface area contributed by atoms with Crippen molar-refractivity contribution in [2.75, 3.05) is 6.54 Å². The first kappa shape index (κ1) is 32.5. The summed E-state index contributed by atoms with van der Waals surface area (Å²) in [5.74, 6) is -1.74. The Bertz CT molecular complexity index is 1720. The van der Waals surface area contributed by atoms with E-state index in [1.54, 1.807) is 24.5 Å². The molecule has 0 aliphatic carbocycles. The third-order valence-electron chi connectivity index (χ3n) is 7.80. The summed E-state index contributed by atoms with van der Waals surface area (Å²) in [4.78, 5) is 29.9. The van der Waals surface area contributed by atoms with Crippen molar-refractivity contribution in [2.24, 2.45) is 11.7 Å². The number of halogens is 1. The maximum atomic E-state index is 13.8. The number of aromatic nitrogens is 2. The van der Waals surface area contributed by atoms with E-state index in [9.17, 15) is 14.7 Å². The Hall–Kier alpha value is -4.46. The van der Waals surface area contributed by atoms with Crippen LogP contribution in [0.3, 0.4) is 0 Å². The molecule has 0 aliphatic heterocycles. The predicted octanol–water partition coefficient (Wildman–Crippen LogP) is 6.93. The van der Waals surface area contributed by atoms with Gasteiger partial charge in [0.15, 0.2) is 0 Å². The van der Waals surface area contributed by atoms with Gasteiger partial charge in [0.1, 0.15) is 6.61 Å². The number of carboxylic acid groups (broad SMARTS) is 1. The summed E-state index contributed by atoms with van der Waals surface area (Å²) in [5.41, 5.74) is 14.3. The number of aromatic carboxylic acids is 1. The predicted molar refractivity (Wildman–Crippen MR) is 176 cm³/mol. The fourth-order valence-corrected chi connectivity index (χ4v) is 5.85. The fourth-order valence-electron chi connectivity index (χ4n) is 5.85. The molecule has 7 nitrogen and oxygen atoms in total. The second kappa shape index (κ2) is 14.8. The SMILES string of the molecule is Cc1cc(C)cc(-c2c(CC(CCc3ccncc3)C(=O)OCc3ccccc3)c3cc(C(=O)O)ccc3n2CCN)c1.Cl. The van der Waals surface area contributed by atoms with Crippen molar-refractivity contribution in [3.63, 3.8) is 0 Å². The number of benzene rings is 3. The quantitative estimate of drug-likeness (QED) is 0.148. The van der Waals surface area contributed by atoms with Crippen LogP contribution in [0.4, 0.5) is 0 Å². The normalized spacial score (nSPS) is 11.6. The van der Waals surface area contributed by atoms with Crippen molar-refractivity contribution in [2.45, 2.75) is 46.3 Å². The topological polar surface area (TPSA) is 107 Å². The Kier molecular flexibility index (Phi) is 10.9. The van der Waals surface area contributed by atoms with Gasteiger partial charge in [0.25, 0.3) is 0 Å². The molecular weight excluding hydrogens is 574 g/mol. The summed E-state index contributed by atoms with van der Waals surface area (Å²) in [6, 6.07) is 25.2. The van der Waals surface area contributed by atoms with E-state index in [1.165, 1.54) is 0 Å². The molecule has 0 bridgehead atoms. The standard InChI is InChI=1S/C36H37N3O4.ClH/c1-24-18-25(2)20-30(19-24)34-32(31-21-28(35(40)41)10-11-33(31)39(34)17-14-37)22-29(9-8-26-12-15-38-16-13-26)36(42)43-23-27-6-4-3-5-7-27;/h3-7,10-13,15-16,18-21,29H,8-9,14,17,22-23,37H2,1-2H3,(H,40,41);1H. The molecular formula is C36H38ClN3O4. The second-order valence-corrected chi connectivity index (χ2v) is 11.1. The van der Waals surface area contributed by atoms with Gasteiger partial charge < -0.3 is 20.1 Å². The number of pyridine rings is 1. The van der Waals surface area contributed by atoms with Gasteiger partial charge in [0, 0.05) is 36.4 Å². The molecule has 5 aromatic rings. The van der Waals surface area contributed by atoms with E-state index in [1.807, 2.05) is 48.5 Å². The zero-order valence-corrected chi connectivity index (χ0v) is 25.8. The molecule has 2 heterocycles. The number of carbonyl (C=O) groups is 2. The van der Waals surface area contributed by atoms with Crippen molar-refractivity contribution < 1.29 is 19.4 Å². The Balaban J connectivity index is 0.00000442. The third-order valence-corrected chi connectivity index (χ3v) is 7.80. The fraction of sp³-hybridized carbons (Fsp3) is 0.250. The molecule has 1 unspecified atom stereocenters. The summed E-state index contributed by atoms with van der Waals surface area (Å²) >= 11 is 0. The van der Waals surface area contributed by atoms with E-state index in [4.69, 9.17) is 10.5 Å². The van der Waals surface area contributed by atoms with E-state index in [2.05, 4.69) is 41.6 Å². The number of aryl methyl sites for hydroxylation is 3. The van der Waals surface area contributed by atoms with Crippen molar-refractivity contribution >= 4 is 35.2 Å². The maximum absolute atomic E-state index is 13.8. The largest absolute Gasteiger partial charge is 0.478 e.